The van der Waals surface area contributed by atoms with Gasteiger partial charge in [-0.15, -0.1) is 0 Å². The van der Waals surface area contributed by atoms with Gasteiger partial charge >= 0.3 is 5.97 Å². The van der Waals surface area contributed by atoms with Gasteiger partial charge in [-0.25, -0.2) is 4.39 Å². The van der Waals surface area contributed by atoms with Crippen molar-refractivity contribution in [2.45, 2.75) is 57.8 Å². The second kappa shape index (κ2) is 7.46. The lowest BCUT2D eigenvalue weighted by Gasteiger charge is -2.38. The molecule has 0 aliphatic heterocycles. The summed E-state index contributed by atoms with van der Waals surface area (Å²) in [6, 6.07) is 5.79. The molecule has 1 saturated carbocycles. The molecule has 25 heavy (non-hydrogen) atoms. The number of hydrogen-bond donors (Lipinski definition) is 1. The third-order valence-corrected chi connectivity index (χ3v) is 10.0. The van der Waals surface area contributed by atoms with E-state index in [9.17, 15) is 14.3 Å². The summed E-state index contributed by atoms with van der Waals surface area (Å²) in [5.41, 5.74) is 0. The molecule has 3 atom stereocenters. The number of rotatable bonds is 6. The molecule has 1 aliphatic carbocycles. The van der Waals surface area contributed by atoms with Crippen LogP contribution in [0.15, 0.2) is 24.3 Å². The normalized spacial score (nSPS) is 24.3. The number of carbonyl (C=O) groups is 1. The second-order valence-electron chi connectivity index (χ2n) is 8.44. The summed E-state index contributed by atoms with van der Waals surface area (Å²) in [7, 11) is -1.93. The fraction of sp³-hybridized carbons (Fsp3) is 0.632. The fourth-order valence-corrected chi connectivity index (χ4v) is 4.36. The van der Waals surface area contributed by atoms with Crippen LogP contribution in [0.2, 0.25) is 18.1 Å². The van der Waals surface area contributed by atoms with Gasteiger partial charge in [-0.2, -0.15) is 0 Å². The second-order valence-corrected chi connectivity index (χ2v) is 13.2. The Morgan fingerprint density at radius 1 is 1.24 bits per heavy atom. The van der Waals surface area contributed by atoms with Crippen LogP contribution in [0.25, 0.3) is 0 Å². The molecule has 1 N–H and O–H groups in total. The highest BCUT2D eigenvalue weighted by molar-refractivity contribution is 6.74. The highest BCUT2D eigenvalue weighted by Crippen LogP contribution is 2.42. The summed E-state index contributed by atoms with van der Waals surface area (Å²) in [4.78, 5) is 11.6. The molecule has 0 bridgehead atoms. The monoisotopic (exact) mass is 368 g/mol. The summed E-state index contributed by atoms with van der Waals surface area (Å²) in [5, 5.41) is 9.64. The quantitative estimate of drug-likeness (QED) is 0.739. The standard InChI is InChI=1S/C19H29FO4Si/c1-19(2,3)25(4,5)24-16-10-13(17(11-16)18(21)22)12-23-15-8-6-14(20)7-9-15/h6-9,13,16-17H,10-12H2,1-5H3,(H,21,22)/t13-,16?,17+/m0/s1. The lowest BCUT2D eigenvalue weighted by atomic mass is 9.97. The average Bonchev–Trinajstić information content (AvgIpc) is 2.88. The number of hydrogen-bond acceptors (Lipinski definition) is 3. The summed E-state index contributed by atoms with van der Waals surface area (Å²) < 4.78 is 25.1. The van der Waals surface area contributed by atoms with Crippen LogP contribution in [0.1, 0.15) is 33.6 Å². The Morgan fingerprint density at radius 3 is 2.36 bits per heavy atom. The number of halogens is 1. The van der Waals surface area contributed by atoms with Crippen LogP contribution in [0, 0.1) is 17.7 Å². The van der Waals surface area contributed by atoms with Crippen LogP contribution in [-0.2, 0) is 9.22 Å². The number of aliphatic carboxylic acids is 1. The number of carboxylic acid groups (broad SMARTS) is 1. The van der Waals surface area contributed by atoms with Gasteiger partial charge < -0.3 is 14.3 Å². The Bertz CT molecular complexity index is 594. The van der Waals surface area contributed by atoms with Crippen molar-refractivity contribution in [1.82, 2.24) is 0 Å². The molecule has 0 radical (unpaired) electrons. The van der Waals surface area contributed by atoms with E-state index in [4.69, 9.17) is 9.16 Å². The van der Waals surface area contributed by atoms with Gasteiger partial charge in [0.25, 0.3) is 0 Å². The lowest BCUT2D eigenvalue weighted by Crippen LogP contribution is -2.43. The third-order valence-electron chi connectivity index (χ3n) is 5.51. The molecular formula is C19H29FO4Si. The first-order valence-electron chi connectivity index (χ1n) is 8.78. The van der Waals surface area contributed by atoms with Gasteiger partial charge in [0.2, 0.25) is 0 Å². The molecule has 2 rings (SSSR count). The van der Waals surface area contributed by atoms with E-state index in [0.29, 0.717) is 25.2 Å². The van der Waals surface area contributed by atoms with Crippen LogP contribution in [-0.4, -0.2) is 32.1 Å². The van der Waals surface area contributed by atoms with Crippen LogP contribution in [0.3, 0.4) is 0 Å². The topological polar surface area (TPSA) is 55.8 Å². The highest BCUT2D eigenvalue weighted by atomic mass is 28.4. The number of benzene rings is 1. The zero-order chi connectivity index (χ0) is 18.8. The predicted molar refractivity (Wildman–Crippen MR) is 97.8 cm³/mol. The lowest BCUT2D eigenvalue weighted by molar-refractivity contribution is -0.143. The molecule has 0 spiro atoms. The molecule has 6 heteroatoms. The van der Waals surface area contributed by atoms with Crippen LogP contribution < -0.4 is 4.74 Å². The maximum atomic E-state index is 13.0. The van der Waals surface area contributed by atoms with E-state index in [2.05, 4.69) is 33.9 Å². The molecule has 1 aliphatic rings. The van der Waals surface area contributed by atoms with Gasteiger partial charge in [-0.1, -0.05) is 20.8 Å². The summed E-state index contributed by atoms with van der Waals surface area (Å²) in [6.45, 7) is 11.2. The molecule has 0 heterocycles. The maximum absolute atomic E-state index is 13.0. The molecule has 1 aromatic rings. The molecule has 0 amide bonds. The number of ether oxygens (including phenoxy) is 1. The fourth-order valence-electron chi connectivity index (χ4n) is 2.98. The van der Waals surface area contributed by atoms with Gasteiger partial charge in [0.1, 0.15) is 11.6 Å². The van der Waals surface area contributed by atoms with Gasteiger partial charge in [-0.05, 0) is 55.2 Å². The summed E-state index contributed by atoms with van der Waals surface area (Å²) in [5.74, 6) is -1.12. The summed E-state index contributed by atoms with van der Waals surface area (Å²) in [6.07, 6.45) is 1.17. The van der Waals surface area contributed by atoms with E-state index in [1.807, 2.05) is 0 Å². The van der Waals surface area contributed by atoms with Crippen molar-refractivity contribution >= 4 is 14.3 Å². The van der Waals surface area contributed by atoms with E-state index in [0.717, 1.165) is 0 Å². The smallest absolute Gasteiger partial charge is 0.307 e. The van der Waals surface area contributed by atoms with Crippen molar-refractivity contribution in [1.29, 1.82) is 0 Å². The molecule has 1 unspecified atom stereocenters. The van der Waals surface area contributed by atoms with Crippen molar-refractivity contribution in [3.05, 3.63) is 30.1 Å². The Balaban J connectivity index is 2.00. The molecule has 140 valence electrons. The van der Waals surface area contributed by atoms with E-state index >= 15 is 0 Å². The number of carboxylic acids is 1. The minimum Gasteiger partial charge on any atom is -0.493 e. The van der Waals surface area contributed by atoms with Crippen molar-refractivity contribution in [3.63, 3.8) is 0 Å². The van der Waals surface area contributed by atoms with Crippen molar-refractivity contribution < 1.29 is 23.5 Å². The maximum Gasteiger partial charge on any atom is 0.307 e. The van der Waals surface area contributed by atoms with Crippen LogP contribution >= 0.6 is 0 Å². The van der Waals surface area contributed by atoms with E-state index in [-0.39, 0.29) is 22.9 Å². The minimum absolute atomic E-state index is 0.0381. The molecular weight excluding hydrogens is 339 g/mol. The molecule has 1 aromatic carbocycles. The largest absolute Gasteiger partial charge is 0.493 e. The first-order valence-corrected chi connectivity index (χ1v) is 11.7. The van der Waals surface area contributed by atoms with Gasteiger partial charge in [0.15, 0.2) is 8.32 Å². The Hall–Kier alpha value is -1.40. The Labute approximate surface area is 150 Å². The van der Waals surface area contributed by atoms with Gasteiger partial charge in [-0.3, -0.25) is 4.79 Å². The van der Waals surface area contributed by atoms with E-state index in [1.54, 1.807) is 12.1 Å². The van der Waals surface area contributed by atoms with Gasteiger partial charge in [0.05, 0.1) is 12.5 Å². The first-order chi connectivity index (χ1) is 11.5. The van der Waals surface area contributed by atoms with Crippen LogP contribution in [0.5, 0.6) is 5.75 Å². The van der Waals surface area contributed by atoms with Crippen molar-refractivity contribution in [2.24, 2.45) is 11.8 Å². The predicted octanol–water partition coefficient (Wildman–Crippen LogP) is 4.71. The average molecular weight is 369 g/mol. The third kappa shape index (κ3) is 5.04. The van der Waals surface area contributed by atoms with Crippen LogP contribution in [0.4, 0.5) is 4.39 Å². The van der Waals surface area contributed by atoms with Gasteiger partial charge in [0, 0.05) is 12.0 Å². The Kier molecular flexibility index (Phi) is 5.94. The SMILES string of the molecule is CC(C)(C)[Si](C)(C)OC1C[C@@H](COc2ccc(F)cc2)[C@H](C(=O)O)C1. The van der Waals surface area contributed by atoms with Crippen molar-refractivity contribution in [2.75, 3.05) is 6.61 Å². The Morgan fingerprint density at radius 2 is 1.84 bits per heavy atom. The van der Waals surface area contributed by atoms with E-state index < -0.39 is 20.2 Å². The molecule has 0 saturated heterocycles. The molecule has 1 fully saturated rings. The first kappa shape index (κ1) is 19.9. The highest BCUT2D eigenvalue weighted by Gasteiger charge is 2.45. The van der Waals surface area contributed by atoms with Crippen molar-refractivity contribution in [3.8, 4) is 5.75 Å². The van der Waals surface area contributed by atoms with E-state index in [1.165, 1.54) is 12.1 Å². The molecule has 0 aromatic heterocycles. The zero-order valence-electron chi connectivity index (χ0n) is 15.7. The molecule has 4 nitrogen and oxygen atoms in total. The summed E-state index contributed by atoms with van der Waals surface area (Å²) >= 11 is 0. The zero-order valence-corrected chi connectivity index (χ0v) is 16.7. The minimum atomic E-state index is -1.93.